The number of nitrogen functional groups attached to an aromatic ring is 1. The number of aryl methyl sites for hydroxylation is 1. The third-order valence-electron chi connectivity index (χ3n) is 2.32. The summed E-state index contributed by atoms with van der Waals surface area (Å²) in [6, 6.07) is 0. The minimum absolute atomic E-state index is 0.259. The van der Waals surface area contributed by atoms with Crippen molar-refractivity contribution in [1.29, 1.82) is 0 Å². The number of hydrogen-bond donors (Lipinski definition) is 1. The molecular formula is C9H13N3O3S. The maximum Gasteiger partial charge on any atom is 0.351 e. The van der Waals surface area contributed by atoms with Crippen LogP contribution >= 0.6 is 11.8 Å². The van der Waals surface area contributed by atoms with Crippen LogP contribution < -0.4 is 11.4 Å². The van der Waals surface area contributed by atoms with Gasteiger partial charge in [-0.25, -0.2) is 4.79 Å². The minimum Gasteiger partial charge on any atom is -0.383 e. The van der Waals surface area contributed by atoms with E-state index in [2.05, 4.69) is 4.98 Å². The first-order valence-corrected chi connectivity index (χ1v) is 5.82. The summed E-state index contributed by atoms with van der Waals surface area (Å²) in [6.45, 7) is 1.80. The minimum atomic E-state index is -0.398. The molecule has 16 heavy (non-hydrogen) atoms. The van der Waals surface area contributed by atoms with Gasteiger partial charge in [-0.15, -0.1) is 0 Å². The number of methoxy groups -OCH3 is 1. The molecule has 2 atom stereocenters. The van der Waals surface area contributed by atoms with Gasteiger partial charge in [-0.3, -0.25) is 4.57 Å². The van der Waals surface area contributed by atoms with E-state index in [-0.39, 0.29) is 17.7 Å². The molecule has 1 aliphatic heterocycles. The van der Waals surface area contributed by atoms with Crippen molar-refractivity contribution in [3.8, 4) is 0 Å². The Balaban J connectivity index is 2.28. The topological polar surface area (TPSA) is 79.4 Å². The molecule has 2 rings (SSSR count). The second-order valence-electron chi connectivity index (χ2n) is 3.45. The Kier molecular flexibility index (Phi) is 3.17. The highest BCUT2D eigenvalue weighted by atomic mass is 32.2. The fraction of sp³-hybridized carbons (Fsp3) is 0.556. The van der Waals surface area contributed by atoms with Crippen molar-refractivity contribution in [3.05, 3.63) is 22.2 Å². The van der Waals surface area contributed by atoms with Crippen LogP contribution in [0.2, 0.25) is 0 Å². The fourth-order valence-corrected chi connectivity index (χ4v) is 2.33. The number of rotatable bonds is 2. The summed E-state index contributed by atoms with van der Waals surface area (Å²) < 4.78 is 12.0. The van der Waals surface area contributed by atoms with Gasteiger partial charge in [0.1, 0.15) is 5.82 Å². The maximum absolute atomic E-state index is 11.6. The standard InChI is InChI=1S/C9H13N3O3S/c1-5-3-12(8(13)11-7(5)10)6-4-16-9(14-2)15-6/h3,6,9H,4H2,1-2H3,(H2,10,11,13). The van der Waals surface area contributed by atoms with Crippen LogP contribution in [0.5, 0.6) is 0 Å². The summed E-state index contributed by atoms with van der Waals surface area (Å²) in [5.74, 6) is 0.916. The Labute approximate surface area is 96.8 Å². The van der Waals surface area contributed by atoms with Gasteiger partial charge in [0.05, 0.1) is 0 Å². The van der Waals surface area contributed by atoms with Gasteiger partial charge < -0.3 is 15.2 Å². The van der Waals surface area contributed by atoms with E-state index in [0.29, 0.717) is 5.75 Å². The van der Waals surface area contributed by atoms with E-state index >= 15 is 0 Å². The molecule has 1 saturated heterocycles. The van der Waals surface area contributed by atoms with E-state index in [0.717, 1.165) is 5.56 Å². The Morgan fingerprint density at radius 3 is 3.12 bits per heavy atom. The molecule has 1 aromatic rings. The molecule has 0 bridgehead atoms. The van der Waals surface area contributed by atoms with Gasteiger partial charge in [-0.05, 0) is 6.92 Å². The number of aromatic nitrogens is 2. The lowest BCUT2D eigenvalue weighted by Gasteiger charge is -2.14. The molecule has 1 aromatic heterocycles. The van der Waals surface area contributed by atoms with Crippen LogP contribution in [-0.2, 0) is 9.47 Å². The zero-order valence-corrected chi connectivity index (χ0v) is 9.86. The van der Waals surface area contributed by atoms with Gasteiger partial charge in [-0.2, -0.15) is 4.98 Å². The van der Waals surface area contributed by atoms with E-state index in [9.17, 15) is 4.79 Å². The zero-order valence-electron chi connectivity index (χ0n) is 9.04. The van der Waals surface area contributed by atoms with Crippen LogP contribution in [0.15, 0.2) is 11.0 Å². The maximum atomic E-state index is 11.6. The largest absolute Gasteiger partial charge is 0.383 e. The van der Waals surface area contributed by atoms with Crippen molar-refractivity contribution in [2.75, 3.05) is 18.6 Å². The molecule has 2 unspecified atom stereocenters. The number of thioether (sulfide) groups is 1. The average molecular weight is 243 g/mol. The van der Waals surface area contributed by atoms with Gasteiger partial charge >= 0.3 is 5.69 Å². The molecule has 6 nitrogen and oxygen atoms in total. The SMILES string of the molecule is COC1OC(n2cc(C)c(N)nc2=O)CS1. The predicted octanol–water partition coefficient (Wildman–Crippen LogP) is 0.326. The van der Waals surface area contributed by atoms with Gasteiger partial charge in [-0.1, -0.05) is 11.8 Å². The molecule has 1 aliphatic rings. The van der Waals surface area contributed by atoms with Crippen LogP contribution in [0.4, 0.5) is 5.82 Å². The fourth-order valence-electron chi connectivity index (χ4n) is 1.42. The molecule has 88 valence electrons. The summed E-state index contributed by atoms with van der Waals surface area (Å²) in [5, 5.41) is 0. The molecule has 0 aliphatic carbocycles. The first kappa shape index (κ1) is 11.4. The van der Waals surface area contributed by atoms with Crippen molar-refractivity contribution in [2.45, 2.75) is 18.8 Å². The highest BCUT2D eigenvalue weighted by Gasteiger charge is 2.28. The van der Waals surface area contributed by atoms with E-state index < -0.39 is 5.69 Å². The Morgan fingerprint density at radius 1 is 1.75 bits per heavy atom. The van der Waals surface area contributed by atoms with Gasteiger partial charge in [0, 0.05) is 24.6 Å². The lowest BCUT2D eigenvalue weighted by atomic mass is 10.3. The van der Waals surface area contributed by atoms with E-state index in [1.54, 1.807) is 20.2 Å². The van der Waals surface area contributed by atoms with E-state index in [1.807, 2.05) is 0 Å². The predicted molar refractivity (Wildman–Crippen MR) is 61.0 cm³/mol. The Hall–Kier alpha value is -1.05. The van der Waals surface area contributed by atoms with Gasteiger partial charge in [0.15, 0.2) is 6.23 Å². The molecule has 1 fully saturated rings. The molecule has 0 radical (unpaired) electrons. The monoisotopic (exact) mass is 243 g/mol. The molecule has 2 N–H and O–H groups in total. The Bertz CT molecular complexity index is 448. The first-order chi connectivity index (χ1) is 7.61. The Morgan fingerprint density at radius 2 is 2.50 bits per heavy atom. The van der Waals surface area contributed by atoms with Crippen molar-refractivity contribution >= 4 is 17.6 Å². The molecule has 2 heterocycles. The van der Waals surface area contributed by atoms with Crippen LogP contribution in [0, 0.1) is 6.92 Å². The lowest BCUT2D eigenvalue weighted by molar-refractivity contribution is -0.104. The van der Waals surface area contributed by atoms with Crippen molar-refractivity contribution < 1.29 is 9.47 Å². The third kappa shape index (κ3) is 2.06. The number of ether oxygens (including phenoxy) is 2. The van der Waals surface area contributed by atoms with Crippen LogP contribution in [0.1, 0.15) is 11.8 Å². The molecule has 0 aromatic carbocycles. The quantitative estimate of drug-likeness (QED) is 0.806. The lowest BCUT2D eigenvalue weighted by Crippen LogP contribution is -2.29. The average Bonchev–Trinajstić information content (AvgIpc) is 2.71. The van der Waals surface area contributed by atoms with Crippen molar-refractivity contribution in [1.82, 2.24) is 9.55 Å². The highest BCUT2D eigenvalue weighted by molar-refractivity contribution is 7.99. The highest BCUT2D eigenvalue weighted by Crippen LogP contribution is 2.31. The van der Waals surface area contributed by atoms with Crippen molar-refractivity contribution in [3.63, 3.8) is 0 Å². The number of hydrogen-bond acceptors (Lipinski definition) is 6. The third-order valence-corrected chi connectivity index (χ3v) is 3.37. The summed E-state index contributed by atoms with van der Waals surface area (Å²) in [7, 11) is 1.56. The second-order valence-corrected chi connectivity index (χ2v) is 4.50. The van der Waals surface area contributed by atoms with E-state index in [1.165, 1.54) is 16.3 Å². The van der Waals surface area contributed by atoms with Crippen LogP contribution in [0.3, 0.4) is 0 Å². The van der Waals surface area contributed by atoms with Crippen LogP contribution in [0.25, 0.3) is 0 Å². The van der Waals surface area contributed by atoms with Crippen LogP contribution in [-0.4, -0.2) is 28.0 Å². The summed E-state index contributed by atoms with van der Waals surface area (Å²) in [4.78, 5) is 15.3. The smallest absolute Gasteiger partial charge is 0.351 e. The molecule has 0 spiro atoms. The molecule has 0 amide bonds. The molecule has 0 saturated carbocycles. The summed E-state index contributed by atoms with van der Waals surface area (Å²) in [6.07, 6.45) is 1.32. The molecular weight excluding hydrogens is 230 g/mol. The second kappa shape index (κ2) is 4.44. The summed E-state index contributed by atoms with van der Waals surface area (Å²) >= 11 is 1.50. The zero-order chi connectivity index (χ0) is 11.7. The van der Waals surface area contributed by atoms with Gasteiger partial charge in [0.2, 0.25) is 5.62 Å². The van der Waals surface area contributed by atoms with Gasteiger partial charge in [0.25, 0.3) is 0 Å². The van der Waals surface area contributed by atoms with E-state index in [4.69, 9.17) is 15.2 Å². The summed E-state index contributed by atoms with van der Waals surface area (Å²) in [5.41, 5.74) is 5.58. The number of nitrogens with two attached hydrogens (primary N) is 1. The normalized spacial score (nSPS) is 24.9. The molecule has 7 heteroatoms. The van der Waals surface area contributed by atoms with Crippen molar-refractivity contribution in [2.24, 2.45) is 0 Å². The number of nitrogens with zero attached hydrogens (tertiary/aromatic N) is 2. The number of anilines is 1. The first-order valence-electron chi connectivity index (χ1n) is 4.77.